The highest BCUT2D eigenvalue weighted by atomic mass is 16.2. The Balaban J connectivity index is 2.18. The molecule has 3 N–H and O–H groups in total. The van der Waals surface area contributed by atoms with Crippen molar-refractivity contribution in [3.05, 3.63) is 59.7 Å². The fourth-order valence-electron chi connectivity index (χ4n) is 2.58. The summed E-state index contributed by atoms with van der Waals surface area (Å²) < 4.78 is 0. The van der Waals surface area contributed by atoms with Crippen molar-refractivity contribution in [3.8, 4) is 0 Å². The molecule has 0 bridgehead atoms. The van der Waals surface area contributed by atoms with Gasteiger partial charge in [-0.25, -0.2) is 0 Å². The van der Waals surface area contributed by atoms with Gasteiger partial charge in [0.15, 0.2) is 0 Å². The van der Waals surface area contributed by atoms with Gasteiger partial charge in [-0.3, -0.25) is 14.4 Å². The van der Waals surface area contributed by atoms with Crippen LogP contribution in [-0.4, -0.2) is 23.3 Å². The first-order valence-electron chi connectivity index (χ1n) is 9.32. The predicted molar refractivity (Wildman–Crippen MR) is 112 cm³/mol. The van der Waals surface area contributed by atoms with Crippen LogP contribution in [0.25, 0.3) is 0 Å². The number of nitrogens with one attached hydrogen (secondary N) is 3. The quantitative estimate of drug-likeness (QED) is 0.700. The molecular formula is C22H27N3O3. The highest BCUT2D eigenvalue weighted by Crippen LogP contribution is 2.19. The van der Waals surface area contributed by atoms with E-state index in [2.05, 4.69) is 16.0 Å². The van der Waals surface area contributed by atoms with Gasteiger partial charge >= 0.3 is 0 Å². The van der Waals surface area contributed by atoms with E-state index in [1.807, 2.05) is 27.7 Å². The minimum absolute atomic E-state index is 0.0933. The molecule has 28 heavy (non-hydrogen) atoms. The van der Waals surface area contributed by atoms with Crippen LogP contribution in [0.1, 0.15) is 61.3 Å². The normalized spacial score (nSPS) is 10.9. The summed E-state index contributed by atoms with van der Waals surface area (Å²) >= 11 is 0. The van der Waals surface area contributed by atoms with Crippen LogP contribution in [-0.2, 0) is 4.79 Å². The molecule has 0 saturated carbocycles. The van der Waals surface area contributed by atoms with Gasteiger partial charge < -0.3 is 16.0 Å². The van der Waals surface area contributed by atoms with E-state index >= 15 is 0 Å². The lowest BCUT2D eigenvalue weighted by molar-refractivity contribution is -0.116. The Morgan fingerprint density at radius 3 is 2.29 bits per heavy atom. The van der Waals surface area contributed by atoms with E-state index in [-0.39, 0.29) is 23.3 Å². The Morgan fingerprint density at radius 1 is 0.893 bits per heavy atom. The molecule has 3 amide bonds. The zero-order valence-corrected chi connectivity index (χ0v) is 16.8. The molecule has 0 aliphatic heterocycles. The Bertz CT molecular complexity index is 869. The molecule has 6 heteroatoms. The van der Waals surface area contributed by atoms with Crippen LogP contribution in [0.15, 0.2) is 48.5 Å². The van der Waals surface area contributed by atoms with Crippen molar-refractivity contribution in [2.75, 3.05) is 10.6 Å². The molecule has 0 aromatic heterocycles. The van der Waals surface area contributed by atoms with Crippen LogP contribution in [0.4, 0.5) is 11.4 Å². The van der Waals surface area contributed by atoms with E-state index in [1.165, 1.54) is 0 Å². The van der Waals surface area contributed by atoms with Crippen molar-refractivity contribution in [3.63, 3.8) is 0 Å². The molecule has 0 spiro atoms. The fourth-order valence-corrected chi connectivity index (χ4v) is 2.58. The molecule has 0 aliphatic rings. The number of carbonyl (C=O) groups excluding carboxylic acids is 3. The Morgan fingerprint density at radius 2 is 1.61 bits per heavy atom. The van der Waals surface area contributed by atoms with Crippen LogP contribution in [0.3, 0.4) is 0 Å². The third-order valence-corrected chi connectivity index (χ3v) is 3.79. The number of hydrogen-bond acceptors (Lipinski definition) is 3. The molecule has 0 atom stereocenters. The van der Waals surface area contributed by atoms with E-state index in [9.17, 15) is 14.4 Å². The second kappa shape index (κ2) is 9.17. The smallest absolute Gasteiger partial charge is 0.255 e. The summed E-state index contributed by atoms with van der Waals surface area (Å²) in [6.07, 6.45) is 1.17. The summed E-state index contributed by atoms with van der Waals surface area (Å²) in [5, 5.41) is 8.45. The molecule has 6 nitrogen and oxygen atoms in total. The molecule has 2 aromatic carbocycles. The lowest BCUT2D eigenvalue weighted by atomic mass is 10.1. The maximum Gasteiger partial charge on any atom is 0.255 e. The van der Waals surface area contributed by atoms with Crippen molar-refractivity contribution in [2.24, 2.45) is 0 Å². The largest absolute Gasteiger partial charge is 0.347 e. The van der Waals surface area contributed by atoms with Gasteiger partial charge in [-0.15, -0.1) is 0 Å². The number of para-hydroxylation sites is 1. The third kappa shape index (κ3) is 6.23. The van der Waals surface area contributed by atoms with Crippen molar-refractivity contribution >= 4 is 29.1 Å². The predicted octanol–water partition coefficient (Wildman–Crippen LogP) is 4.21. The first kappa shape index (κ1) is 21.2. The third-order valence-electron chi connectivity index (χ3n) is 3.79. The van der Waals surface area contributed by atoms with Crippen molar-refractivity contribution in [1.29, 1.82) is 0 Å². The Labute approximate surface area is 165 Å². The zero-order valence-electron chi connectivity index (χ0n) is 16.8. The van der Waals surface area contributed by atoms with Crippen molar-refractivity contribution in [1.82, 2.24) is 5.32 Å². The second-order valence-electron chi connectivity index (χ2n) is 7.58. The summed E-state index contributed by atoms with van der Waals surface area (Å²) in [6.45, 7) is 7.61. The van der Waals surface area contributed by atoms with E-state index < -0.39 is 0 Å². The summed E-state index contributed by atoms with van der Waals surface area (Å²) in [7, 11) is 0. The van der Waals surface area contributed by atoms with Crippen molar-refractivity contribution < 1.29 is 14.4 Å². The first-order valence-corrected chi connectivity index (χ1v) is 9.32. The summed E-state index contributed by atoms with van der Waals surface area (Å²) in [5.41, 5.74) is 1.37. The standard InChI is InChI=1S/C22H27N3O3/c1-5-9-19(26)23-16-11-8-10-15(14-16)20(27)24-18-13-7-6-12-17(18)21(28)25-22(2,3)4/h6-8,10-14H,5,9H2,1-4H3,(H,23,26)(H,24,27)(H,25,28). The highest BCUT2D eigenvalue weighted by molar-refractivity contribution is 6.09. The molecule has 148 valence electrons. The number of rotatable bonds is 6. The average molecular weight is 381 g/mol. The van der Waals surface area contributed by atoms with Gasteiger partial charge in [0.1, 0.15) is 0 Å². The van der Waals surface area contributed by atoms with Crippen molar-refractivity contribution in [2.45, 2.75) is 46.1 Å². The van der Waals surface area contributed by atoms with Gasteiger partial charge in [0, 0.05) is 23.2 Å². The van der Waals surface area contributed by atoms with Gasteiger partial charge in [0.25, 0.3) is 11.8 Å². The maximum absolute atomic E-state index is 12.7. The molecule has 0 radical (unpaired) electrons. The Hall–Kier alpha value is -3.15. The summed E-state index contributed by atoms with van der Waals surface area (Å²) in [6, 6.07) is 13.6. The molecule has 0 unspecified atom stereocenters. The zero-order chi connectivity index (χ0) is 20.7. The molecule has 0 saturated heterocycles. The number of anilines is 2. The molecule has 2 aromatic rings. The van der Waals surface area contributed by atoms with Gasteiger partial charge in [-0.1, -0.05) is 25.1 Å². The first-order chi connectivity index (χ1) is 13.2. The van der Waals surface area contributed by atoms with Crippen LogP contribution in [0.2, 0.25) is 0 Å². The number of benzene rings is 2. The number of amides is 3. The summed E-state index contributed by atoms with van der Waals surface area (Å²) in [5.74, 6) is -0.712. The van der Waals surface area contributed by atoms with Crippen LogP contribution < -0.4 is 16.0 Å². The Kier molecular flexibility index (Phi) is 6.93. The topological polar surface area (TPSA) is 87.3 Å². The van der Waals surface area contributed by atoms with Crippen LogP contribution in [0.5, 0.6) is 0 Å². The van der Waals surface area contributed by atoms with Crippen LogP contribution in [0, 0.1) is 0 Å². The van der Waals surface area contributed by atoms with E-state index in [4.69, 9.17) is 0 Å². The molecule has 2 rings (SSSR count). The molecule has 0 fully saturated rings. The van der Waals surface area contributed by atoms with Gasteiger partial charge in [0.05, 0.1) is 11.3 Å². The minimum Gasteiger partial charge on any atom is -0.347 e. The van der Waals surface area contributed by atoms with Crippen LogP contribution >= 0.6 is 0 Å². The second-order valence-corrected chi connectivity index (χ2v) is 7.58. The SMILES string of the molecule is CCCC(=O)Nc1cccc(C(=O)Nc2ccccc2C(=O)NC(C)(C)C)c1. The average Bonchev–Trinajstić information content (AvgIpc) is 2.61. The van der Waals surface area contributed by atoms with Gasteiger partial charge in [-0.2, -0.15) is 0 Å². The highest BCUT2D eigenvalue weighted by Gasteiger charge is 2.19. The lowest BCUT2D eigenvalue weighted by Gasteiger charge is -2.21. The minimum atomic E-state index is -0.390. The molecule has 0 aliphatic carbocycles. The lowest BCUT2D eigenvalue weighted by Crippen LogP contribution is -2.40. The maximum atomic E-state index is 12.7. The van der Waals surface area contributed by atoms with Gasteiger partial charge in [0.2, 0.25) is 5.91 Å². The fraction of sp³-hybridized carbons (Fsp3) is 0.318. The van der Waals surface area contributed by atoms with E-state index in [0.717, 1.165) is 6.42 Å². The molecular weight excluding hydrogens is 354 g/mol. The monoisotopic (exact) mass is 381 g/mol. The molecule has 0 heterocycles. The van der Waals surface area contributed by atoms with E-state index in [0.29, 0.717) is 28.9 Å². The number of carbonyl (C=O) groups is 3. The van der Waals surface area contributed by atoms with Gasteiger partial charge in [-0.05, 0) is 57.5 Å². The van der Waals surface area contributed by atoms with E-state index in [1.54, 1.807) is 48.5 Å². The number of hydrogen-bond donors (Lipinski definition) is 3. The summed E-state index contributed by atoms with van der Waals surface area (Å²) in [4.78, 5) is 37.0.